The van der Waals surface area contributed by atoms with Crippen LogP contribution in [0.3, 0.4) is 0 Å². The zero-order valence-corrected chi connectivity index (χ0v) is 19.1. The molecule has 0 aromatic heterocycles. The van der Waals surface area contributed by atoms with E-state index >= 15 is 0 Å². The molecule has 3 unspecified atom stereocenters. The topological polar surface area (TPSA) is 50.8 Å². The maximum atomic E-state index is 13.2. The highest BCUT2D eigenvalue weighted by molar-refractivity contribution is 6.06. The number of allylic oxidation sites excluding steroid dienone is 2. The van der Waals surface area contributed by atoms with E-state index in [1.807, 2.05) is 55.6 Å². The van der Waals surface area contributed by atoms with Crippen LogP contribution in [0.2, 0.25) is 0 Å². The number of benzene rings is 3. The van der Waals surface area contributed by atoms with Crippen LogP contribution >= 0.6 is 0 Å². The summed E-state index contributed by atoms with van der Waals surface area (Å²) in [7, 11) is 5.13. The van der Waals surface area contributed by atoms with E-state index in [0.29, 0.717) is 11.5 Å². The molecule has 0 bridgehead atoms. The summed E-state index contributed by atoms with van der Waals surface area (Å²) in [6.07, 6.45) is 5.52. The first-order valence-corrected chi connectivity index (χ1v) is 11.2. The van der Waals surface area contributed by atoms with Crippen molar-refractivity contribution < 1.29 is 14.3 Å². The Labute approximate surface area is 194 Å². The van der Waals surface area contributed by atoms with Crippen molar-refractivity contribution >= 4 is 17.3 Å². The van der Waals surface area contributed by atoms with Gasteiger partial charge in [-0.2, -0.15) is 0 Å². The summed E-state index contributed by atoms with van der Waals surface area (Å²) in [4.78, 5) is 14.9. The molecule has 0 radical (unpaired) electrons. The molecule has 1 heterocycles. The zero-order valence-electron chi connectivity index (χ0n) is 19.1. The van der Waals surface area contributed by atoms with E-state index in [0.717, 1.165) is 29.3 Å². The van der Waals surface area contributed by atoms with E-state index in [-0.39, 0.29) is 17.9 Å². The molecule has 1 aliphatic carbocycles. The SMILES string of the molecule is COc1ccc(C2Nc3ccc(C(=O)N(C)c4ccccc4)cc3C3C=CCC32)cc1OC. The summed E-state index contributed by atoms with van der Waals surface area (Å²) in [6, 6.07) is 22.0. The number of anilines is 2. The van der Waals surface area contributed by atoms with E-state index in [1.165, 1.54) is 11.1 Å². The molecule has 0 saturated carbocycles. The van der Waals surface area contributed by atoms with Crippen LogP contribution in [0.4, 0.5) is 11.4 Å². The van der Waals surface area contributed by atoms with E-state index in [2.05, 4.69) is 35.7 Å². The number of ether oxygens (including phenoxy) is 2. The molecule has 1 aliphatic heterocycles. The highest BCUT2D eigenvalue weighted by Gasteiger charge is 2.38. The zero-order chi connectivity index (χ0) is 22.9. The monoisotopic (exact) mass is 440 g/mol. The fourth-order valence-electron chi connectivity index (χ4n) is 5.07. The highest BCUT2D eigenvalue weighted by atomic mass is 16.5. The number of carbonyl (C=O) groups excluding carboxylic acids is 1. The molecule has 0 spiro atoms. The number of fused-ring (bicyclic) bond motifs is 3. The van der Waals surface area contributed by atoms with E-state index in [1.54, 1.807) is 19.1 Å². The van der Waals surface area contributed by atoms with Gasteiger partial charge in [-0.25, -0.2) is 0 Å². The molecule has 3 atom stereocenters. The maximum Gasteiger partial charge on any atom is 0.258 e. The fraction of sp³-hybridized carbons (Fsp3) is 0.250. The first-order chi connectivity index (χ1) is 16.1. The summed E-state index contributed by atoms with van der Waals surface area (Å²) < 4.78 is 11.0. The number of rotatable bonds is 5. The lowest BCUT2D eigenvalue weighted by Gasteiger charge is -2.38. The lowest BCUT2D eigenvalue weighted by atomic mass is 9.76. The van der Waals surface area contributed by atoms with Gasteiger partial charge < -0.3 is 19.7 Å². The molecule has 168 valence electrons. The van der Waals surface area contributed by atoms with E-state index in [9.17, 15) is 4.79 Å². The van der Waals surface area contributed by atoms with Gasteiger partial charge in [-0.05, 0) is 65.9 Å². The van der Waals surface area contributed by atoms with E-state index < -0.39 is 0 Å². The minimum atomic E-state index is -0.00968. The average molecular weight is 441 g/mol. The van der Waals surface area contributed by atoms with Gasteiger partial charge in [0.2, 0.25) is 0 Å². The van der Waals surface area contributed by atoms with Crippen molar-refractivity contribution in [1.29, 1.82) is 0 Å². The smallest absolute Gasteiger partial charge is 0.258 e. The maximum absolute atomic E-state index is 13.2. The Morgan fingerprint density at radius 2 is 1.76 bits per heavy atom. The lowest BCUT2D eigenvalue weighted by molar-refractivity contribution is 0.0993. The number of nitrogens with zero attached hydrogens (tertiary/aromatic N) is 1. The van der Waals surface area contributed by atoms with Gasteiger partial charge in [0.25, 0.3) is 5.91 Å². The largest absolute Gasteiger partial charge is 0.493 e. The van der Waals surface area contributed by atoms with Crippen LogP contribution in [0.25, 0.3) is 0 Å². The first kappa shape index (κ1) is 21.1. The van der Waals surface area contributed by atoms with Crippen molar-refractivity contribution in [2.24, 2.45) is 5.92 Å². The van der Waals surface area contributed by atoms with Crippen LogP contribution in [0.5, 0.6) is 11.5 Å². The molecule has 0 fully saturated rings. The van der Waals surface area contributed by atoms with Crippen LogP contribution < -0.4 is 19.7 Å². The molecule has 5 nitrogen and oxygen atoms in total. The number of carbonyl (C=O) groups is 1. The Morgan fingerprint density at radius 3 is 2.52 bits per heavy atom. The van der Waals surface area contributed by atoms with Crippen LogP contribution in [-0.4, -0.2) is 27.2 Å². The van der Waals surface area contributed by atoms with Gasteiger partial charge in [0.1, 0.15) is 0 Å². The number of methoxy groups -OCH3 is 2. The van der Waals surface area contributed by atoms with Gasteiger partial charge in [0.05, 0.1) is 20.3 Å². The second-order valence-corrected chi connectivity index (χ2v) is 8.59. The molecule has 5 rings (SSSR count). The molecule has 5 heteroatoms. The Hall–Kier alpha value is -3.73. The fourth-order valence-corrected chi connectivity index (χ4v) is 5.07. The molecule has 3 aromatic rings. The highest BCUT2D eigenvalue weighted by Crippen LogP contribution is 2.50. The average Bonchev–Trinajstić information content (AvgIpc) is 3.37. The predicted octanol–water partition coefficient (Wildman–Crippen LogP) is 5.81. The standard InChI is InChI=1S/C28H28N2O3/c1-30(20-8-5-4-6-9-20)28(31)19-12-14-24-23(16-19)21-10-7-11-22(21)27(29-24)18-13-15-25(32-2)26(17-18)33-3/h4-10,12-17,21-22,27,29H,11H2,1-3H3. The quantitative estimate of drug-likeness (QED) is 0.509. The number of hydrogen-bond donors (Lipinski definition) is 1. The third-order valence-corrected chi connectivity index (χ3v) is 6.82. The Bertz CT molecular complexity index is 1210. The van der Waals surface area contributed by atoms with Crippen LogP contribution in [0.15, 0.2) is 78.9 Å². The molecule has 0 saturated heterocycles. The number of amides is 1. The summed E-state index contributed by atoms with van der Waals surface area (Å²) in [6.45, 7) is 0. The molecule has 2 aliphatic rings. The third kappa shape index (κ3) is 3.74. The van der Waals surface area contributed by atoms with Crippen LogP contribution in [0.1, 0.15) is 39.9 Å². The minimum Gasteiger partial charge on any atom is -0.493 e. The van der Waals surface area contributed by atoms with Crippen molar-refractivity contribution in [3.63, 3.8) is 0 Å². The second kappa shape index (κ2) is 8.66. The van der Waals surface area contributed by atoms with Crippen molar-refractivity contribution in [2.75, 3.05) is 31.5 Å². The van der Waals surface area contributed by atoms with Crippen molar-refractivity contribution in [3.05, 3.63) is 95.6 Å². The molecule has 1 amide bonds. The van der Waals surface area contributed by atoms with Gasteiger partial charge >= 0.3 is 0 Å². The van der Waals surface area contributed by atoms with Gasteiger partial charge in [-0.15, -0.1) is 0 Å². The summed E-state index contributed by atoms with van der Waals surface area (Å²) in [5.74, 6) is 2.07. The summed E-state index contributed by atoms with van der Waals surface area (Å²) >= 11 is 0. The van der Waals surface area contributed by atoms with Crippen LogP contribution in [0, 0.1) is 5.92 Å². The molecular weight excluding hydrogens is 412 g/mol. The lowest BCUT2D eigenvalue weighted by Crippen LogP contribution is -2.30. The van der Waals surface area contributed by atoms with Crippen LogP contribution in [-0.2, 0) is 0 Å². The minimum absolute atomic E-state index is 0.00968. The van der Waals surface area contributed by atoms with Gasteiger partial charge in [-0.3, -0.25) is 4.79 Å². The van der Waals surface area contributed by atoms with Gasteiger partial charge in [-0.1, -0.05) is 36.4 Å². The molecule has 1 N–H and O–H groups in total. The van der Waals surface area contributed by atoms with Gasteiger partial charge in [0, 0.05) is 29.9 Å². The molecule has 33 heavy (non-hydrogen) atoms. The van der Waals surface area contributed by atoms with Crippen molar-refractivity contribution in [1.82, 2.24) is 0 Å². The van der Waals surface area contributed by atoms with Gasteiger partial charge in [0.15, 0.2) is 11.5 Å². The Kier molecular flexibility index (Phi) is 5.55. The summed E-state index contributed by atoms with van der Waals surface area (Å²) in [5, 5.41) is 3.74. The van der Waals surface area contributed by atoms with E-state index in [4.69, 9.17) is 9.47 Å². The molecule has 3 aromatic carbocycles. The molecular formula is C28H28N2O3. The number of hydrogen-bond acceptors (Lipinski definition) is 4. The predicted molar refractivity (Wildman–Crippen MR) is 132 cm³/mol. The first-order valence-electron chi connectivity index (χ1n) is 11.2. The third-order valence-electron chi connectivity index (χ3n) is 6.82. The number of nitrogens with one attached hydrogen (secondary N) is 1. The van der Waals surface area contributed by atoms with Crippen molar-refractivity contribution in [3.8, 4) is 11.5 Å². The normalized spacial score (nSPS) is 20.4. The second-order valence-electron chi connectivity index (χ2n) is 8.59. The van der Waals surface area contributed by atoms with Crippen molar-refractivity contribution in [2.45, 2.75) is 18.4 Å². The number of para-hydroxylation sites is 1. The Morgan fingerprint density at radius 1 is 0.970 bits per heavy atom. The Balaban J connectivity index is 1.47. The summed E-state index contributed by atoms with van der Waals surface area (Å²) in [5.41, 5.74) is 5.00.